The standard InChI is InChI=1S/C13H28.C10H22.C9H14.C3H6/c1-3-5-7-9-11-13-12-10-8-6-4-2;1-3-5-7-9-10-8-6-4-2;1-4-7-9(6-3)8-5-2;1-3-2/h3-13H2,1-2H3;3-10H2,1-2H3;4-5,7-8H,1,6H2,2-3H3;3H,1H2,2H3/b;;8-5-,9-7?;. The van der Waals surface area contributed by atoms with Crippen LogP contribution in [0.4, 0.5) is 0 Å². The summed E-state index contributed by atoms with van der Waals surface area (Å²) in [6, 6.07) is 0. The molecule has 0 fully saturated rings. The molecule has 0 amide bonds. The van der Waals surface area contributed by atoms with Crippen molar-refractivity contribution in [2.75, 3.05) is 0 Å². The van der Waals surface area contributed by atoms with Crippen LogP contribution in [0, 0.1) is 0 Å². The van der Waals surface area contributed by atoms with Crippen molar-refractivity contribution in [3.8, 4) is 0 Å². The highest BCUT2D eigenvalue weighted by atomic mass is 14.0. The quantitative estimate of drug-likeness (QED) is 0.0903. The van der Waals surface area contributed by atoms with Crippen molar-refractivity contribution in [3.05, 3.63) is 49.1 Å². The summed E-state index contributed by atoms with van der Waals surface area (Å²) in [5.41, 5.74) is 1.33. The summed E-state index contributed by atoms with van der Waals surface area (Å²) < 4.78 is 0. The minimum atomic E-state index is 1.08. The van der Waals surface area contributed by atoms with Crippen LogP contribution in [0.3, 0.4) is 0 Å². The van der Waals surface area contributed by atoms with Gasteiger partial charge >= 0.3 is 0 Å². The molecule has 0 unspecified atom stereocenters. The Morgan fingerprint density at radius 1 is 0.486 bits per heavy atom. The average Bonchev–Trinajstić information content (AvgIpc) is 2.86. The van der Waals surface area contributed by atoms with E-state index in [1.807, 2.05) is 32.1 Å². The Bertz CT molecular complexity index is 380. The third-order valence-corrected chi connectivity index (χ3v) is 5.79. The molecule has 0 aliphatic rings. The molecule has 0 N–H and O–H groups in total. The molecule has 0 aliphatic heterocycles. The maximum Gasteiger partial charge on any atom is -0.0308 e. The topological polar surface area (TPSA) is 0 Å². The van der Waals surface area contributed by atoms with Gasteiger partial charge in [-0.3, -0.25) is 0 Å². The first-order valence-corrected chi connectivity index (χ1v) is 15.6. The van der Waals surface area contributed by atoms with Gasteiger partial charge in [-0.1, -0.05) is 194 Å². The van der Waals surface area contributed by atoms with Crippen LogP contribution in [0.1, 0.15) is 177 Å². The van der Waals surface area contributed by atoms with Gasteiger partial charge < -0.3 is 0 Å². The lowest BCUT2D eigenvalue weighted by atomic mass is 10.1. The Balaban J connectivity index is -0.000000198. The SMILES string of the molecule is C=CC.C=CC=C(/C=C\C)CC.CCCCCCCCCC.CCCCCCCCCCCCC. The highest BCUT2D eigenvalue weighted by molar-refractivity contribution is 5.21. The predicted octanol–water partition coefficient (Wildman–Crippen LogP) is 13.7. The second-order valence-electron chi connectivity index (χ2n) is 9.54. The molecule has 210 valence electrons. The molecule has 0 saturated carbocycles. The van der Waals surface area contributed by atoms with Crippen molar-refractivity contribution >= 4 is 0 Å². The van der Waals surface area contributed by atoms with Gasteiger partial charge in [0.15, 0.2) is 0 Å². The van der Waals surface area contributed by atoms with Gasteiger partial charge in [0.1, 0.15) is 0 Å². The minimum absolute atomic E-state index is 1.08. The molecule has 0 heterocycles. The fourth-order valence-electron chi connectivity index (χ4n) is 3.60. The van der Waals surface area contributed by atoms with Crippen LogP contribution in [-0.4, -0.2) is 0 Å². The van der Waals surface area contributed by atoms with Gasteiger partial charge in [0.25, 0.3) is 0 Å². The molecule has 0 saturated heterocycles. The summed E-state index contributed by atoms with van der Waals surface area (Å²) in [6.07, 6.45) is 38.2. The van der Waals surface area contributed by atoms with Crippen LogP contribution in [0.5, 0.6) is 0 Å². The third kappa shape index (κ3) is 55.0. The molecule has 0 bridgehead atoms. The van der Waals surface area contributed by atoms with Crippen molar-refractivity contribution in [1.82, 2.24) is 0 Å². The number of allylic oxidation sites excluding steroid dienone is 6. The lowest BCUT2D eigenvalue weighted by Gasteiger charge is -2.00. The zero-order chi connectivity index (χ0) is 27.3. The van der Waals surface area contributed by atoms with Crippen LogP contribution in [0.2, 0.25) is 0 Å². The number of rotatable bonds is 20. The van der Waals surface area contributed by atoms with Crippen LogP contribution >= 0.6 is 0 Å². The Kier molecular flexibility index (Phi) is 54.4. The number of hydrogen-bond acceptors (Lipinski definition) is 0. The molecule has 0 rings (SSSR count). The van der Waals surface area contributed by atoms with E-state index in [-0.39, 0.29) is 0 Å². The molecule has 0 radical (unpaired) electrons. The van der Waals surface area contributed by atoms with E-state index in [9.17, 15) is 0 Å². The highest BCUT2D eigenvalue weighted by Crippen LogP contribution is 2.11. The van der Waals surface area contributed by atoms with Crippen molar-refractivity contribution in [2.24, 2.45) is 0 Å². The van der Waals surface area contributed by atoms with E-state index in [0.717, 1.165) is 6.42 Å². The fraction of sp³-hybridized carbons (Fsp3) is 0.771. The average molecular weight is 491 g/mol. The first-order valence-electron chi connectivity index (χ1n) is 15.6. The molecule has 0 nitrogen and oxygen atoms in total. The van der Waals surface area contributed by atoms with Gasteiger partial charge in [-0.15, -0.1) is 6.58 Å². The Morgan fingerprint density at radius 3 is 0.914 bits per heavy atom. The van der Waals surface area contributed by atoms with Gasteiger partial charge in [-0.05, 0) is 25.8 Å². The third-order valence-electron chi connectivity index (χ3n) is 5.79. The molecular weight excluding hydrogens is 420 g/mol. The van der Waals surface area contributed by atoms with E-state index in [0.29, 0.717) is 0 Å². The monoisotopic (exact) mass is 491 g/mol. The van der Waals surface area contributed by atoms with E-state index in [4.69, 9.17) is 0 Å². The first-order chi connectivity index (χ1) is 17.1. The maximum absolute atomic E-state index is 3.62. The Labute approximate surface area is 225 Å². The Morgan fingerprint density at radius 2 is 0.743 bits per heavy atom. The maximum atomic E-state index is 3.62. The van der Waals surface area contributed by atoms with Gasteiger partial charge in [0, 0.05) is 0 Å². The summed E-state index contributed by atoms with van der Waals surface area (Å²) in [7, 11) is 0. The zero-order valence-corrected chi connectivity index (χ0v) is 25.9. The van der Waals surface area contributed by atoms with E-state index < -0.39 is 0 Å². The number of unbranched alkanes of at least 4 members (excludes halogenated alkanes) is 17. The Hall–Kier alpha value is -1.04. The van der Waals surface area contributed by atoms with E-state index in [1.165, 1.54) is 128 Å². The summed E-state index contributed by atoms with van der Waals surface area (Å²) in [5, 5.41) is 0. The molecule has 35 heavy (non-hydrogen) atoms. The fourth-order valence-corrected chi connectivity index (χ4v) is 3.60. The van der Waals surface area contributed by atoms with E-state index in [2.05, 4.69) is 53.9 Å². The van der Waals surface area contributed by atoms with Crippen LogP contribution in [0.15, 0.2) is 49.1 Å². The van der Waals surface area contributed by atoms with Crippen molar-refractivity contribution in [2.45, 2.75) is 177 Å². The minimum Gasteiger partial charge on any atom is -0.103 e. The molecule has 0 heteroatoms. The van der Waals surface area contributed by atoms with Gasteiger partial charge in [-0.2, -0.15) is 0 Å². The van der Waals surface area contributed by atoms with Crippen LogP contribution in [-0.2, 0) is 0 Å². The predicted molar refractivity (Wildman–Crippen MR) is 170 cm³/mol. The lowest BCUT2D eigenvalue weighted by Crippen LogP contribution is -1.80. The van der Waals surface area contributed by atoms with Gasteiger partial charge in [-0.25, -0.2) is 0 Å². The van der Waals surface area contributed by atoms with E-state index >= 15 is 0 Å². The first kappa shape index (κ1) is 41.1. The second kappa shape index (κ2) is 46.3. The lowest BCUT2D eigenvalue weighted by molar-refractivity contribution is 0.554. The normalized spacial score (nSPS) is 10.4. The molecular formula is C35H70. The molecule has 0 spiro atoms. The summed E-state index contributed by atoms with van der Waals surface area (Å²) in [4.78, 5) is 0. The molecule has 0 aromatic carbocycles. The molecule has 0 aromatic rings. The number of hydrogen-bond donors (Lipinski definition) is 0. The van der Waals surface area contributed by atoms with Crippen molar-refractivity contribution < 1.29 is 0 Å². The summed E-state index contributed by atoms with van der Waals surface area (Å²) in [5.74, 6) is 0. The summed E-state index contributed by atoms with van der Waals surface area (Å²) in [6.45, 7) is 22.1. The smallest absolute Gasteiger partial charge is 0.0308 e. The molecule has 0 aromatic heterocycles. The van der Waals surface area contributed by atoms with Crippen LogP contribution < -0.4 is 0 Å². The largest absolute Gasteiger partial charge is 0.103 e. The van der Waals surface area contributed by atoms with Gasteiger partial charge in [0.05, 0.1) is 0 Å². The summed E-state index contributed by atoms with van der Waals surface area (Å²) >= 11 is 0. The van der Waals surface area contributed by atoms with E-state index in [1.54, 1.807) is 6.08 Å². The molecule has 0 atom stereocenters. The van der Waals surface area contributed by atoms with Crippen molar-refractivity contribution in [3.63, 3.8) is 0 Å². The zero-order valence-electron chi connectivity index (χ0n) is 25.9. The highest BCUT2D eigenvalue weighted by Gasteiger charge is 1.91. The second-order valence-corrected chi connectivity index (χ2v) is 9.54. The van der Waals surface area contributed by atoms with Crippen molar-refractivity contribution in [1.29, 1.82) is 0 Å². The molecule has 0 aliphatic carbocycles. The van der Waals surface area contributed by atoms with Crippen LogP contribution in [0.25, 0.3) is 0 Å². The van der Waals surface area contributed by atoms with Gasteiger partial charge in [0.2, 0.25) is 0 Å².